The lowest BCUT2D eigenvalue weighted by Gasteiger charge is -2.21. The molecule has 1 aliphatic carbocycles. The van der Waals surface area contributed by atoms with Crippen molar-refractivity contribution >= 4 is 0 Å². The highest BCUT2D eigenvalue weighted by Crippen LogP contribution is 2.33. The predicted molar refractivity (Wildman–Crippen MR) is 71.5 cm³/mol. The summed E-state index contributed by atoms with van der Waals surface area (Å²) >= 11 is 0. The van der Waals surface area contributed by atoms with Crippen LogP contribution in [0.2, 0.25) is 0 Å². The van der Waals surface area contributed by atoms with E-state index in [9.17, 15) is 0 Å². The minimum absolute atomic E-state index is 0.0117. The standard InChI is InChI=1S/C15H30N/c1-2-3-4-5-6-7-8-9-12-15(16)13-10-11-14-15/h16H,2-14H2,1H3. The summed E-state index contributed by atoms with van der Waals surface area (Å²) < 4.78 is 0. The van der Waals surface area contributed by atoms with Gasteiger partial charge in [0.15, 0.2) is 0 Å². The van der Waals surface area contributed by atoms with Gasteiger partial charge in [0, 0.05) is 5.54 Å². The van der Waals surface area contributed by atoms with Crippen LogP contribution in [0, 0.1) is 0 Å². The monoisotopic (exact) mass is 224 g/mol. The highest BCUT2D eigenvalue weighted by Gasteiger charge is 2.29. The lowest BCUT2D eigenvalue weighted by atomic mass is 9.91. The molecule has 1 saturated carbocycles. The van der Waals surface area contributed by atoms with Crippen LogP contribution in [0.5, 0.6) is 0 Å². The van der Waals surface area contributed by atoms with Crippen molar-refractivity contribution in [3.63, 3.8) is 0 Å². The van der Waals surface area contributed by atoms with Crippen molar-refractivity contribution in [2.45, 2.75) is 95.9 Å². The van der Waals surface area contributed by atoms with E-state index in [-0.39, 0.29) is 5.54 Å². The highest BCUT2D eigenvalue weighted by atomic mass is 14.7. The molecule has 1 radical (unpaired) electrons. The molecule has 0 aromatic carbocycles. The zero-order valence-electron chi connectivity index (χ0n) is 11.2. The second kappa shape index (κ2) is 8.11. The fraction of sp³-hybridized carbons (Fsp3) is 1.00. The Balaban J connectivity index is 1.84. The Bertz CT molecular complexity index is 159. The maximum absolute atomic E-state index is 8.25. The molecular weight excluding hydrogens is 194 g/mol. The van der Waals surface area contributed by atoms with E-state index in [0.717, 1.165) is 0 Å². The van der Waals surface area contributed by atoms with Gasteiger partial charge >= 0.3 is 0 Å². The highest BCUT2D eigenvalue weighted by molar-refractivity contribution is 4.87. The van der Waals surface area contributed by atoms with Crippen molar-refractivity contribution in [3.05, 3.63) is 0 Å². The maximum Gasteiger partial charge on any atom is 0.0324 e. The van der Waals surface area contributed by atoms with Crippen LogP contribution >= 0.6 is 0 Å². The fourth-order valence-corrected chi connectivity index (χ4v) is 2.90. The van der Waals surface area contributed by atoms with Crippen LogP contribution in [0.1, 0.15) is 90.4 Å². The Morgan fingerprint density at radius 3 is 1.88 bits per heavy atom. The minimum Gasteiger partial charge on any atom is -0.251 e. The Morgan fingerprint density at radius 2 is 1.31 bits per heavy atom. The van der Waals surface area contributed by atoms with Crippen LogP contribution in [-0.2, 0) is 0 Å². The molecular formula is C15H30N. The first kappa shape index (κ1) is 14.0. The smallest absolute Gasteiger partial charge is 0.0324 e. The molecule has 1 aliphatic rings. The van der Waals surface area contributed by atoms with E-state index in [2.05, 4.69) is 6.92 Å². The molecule has 0 heterocycles. The van der Waals surface area contributed by atoms with Gasteiger partial charge in [-0.2, -0.15) is 0 Å². The quantitative estimate of drug-likeness (QED) is 0.486. The molecule has 1 heteroatoms. The van der Waals surface area contributed by atoms with Gasteiger partial charge in [-0.3, -0.25) is 5.73 Å². The third kappa shape index (κ3) is 5.89. The van der Waals surface area contributed by atoms with Gasteiger partial charge in [-0.15, -0.1) is 0 Å². The third-order valence-corrected chi connectivity index (χ3v) is 4.07. The Morgan fingerprint density at radius 1 is 0.812 bits per heavy atom. The van der Waals surface area contributed by atoms with Crippen LogP contribution in [0.4, 0.5) is 0 Å². The summed E-state index contributed by atoms with van der Waals surface area (Å²) in [6.07, 6.45) is 17.2. The summed E-state index contributed by atoms with van der Waals surface area (Å²) in [5, 5.41) is 0. The SMILES string of the molecule is CCCCCCCCCCC1([NH])CCCC1. The summed E-state index contributed by atoms with van der Waals surface area (Å²) in [5.74, 6) is 0. The van der Waals surface area contributed by atoms with Gasteiger partial charge in [-0.25, -0.2) is 0 Å². The molecule has 0 aromatic heterocycles. The minimum atomic E-state index is -0.0117. The van der Waals surface area contributed by atoms with E-state index in [1.54, 1.807) is 0 Å². The number of hydrogen-bond donors (Lipinski definition) is 0. The normalized spacial score (nSPS) is 19.1. The van der Waals surface area contributed by atoms with E-state index in [1.165, 1.54) is 83.5 Å². The van der Waals surface area contributed by atoms with Crippen molar-refractivity contribution in [2.24, 2.45) is 0 Å². The summed E-state index contributed by atoms with van der Waals surface area (Å²) in [5.41, 5.74) is 8.24. The summed E-state index contributed by atoms with van der Waals surface area (Å²) in [7, 11) is 0. The second-order valence-corrected chi connectivity index (χ2v) is 5.71. The Kier molecular flexibility index (Phi) is 7.11. The van der Waals surface area contributed by atoms with E-state index in [0.29, 0.717) is 0 Å². The molecule has 0 atom stereocenters. The van der Waals surface area contributed by atoms with Crippen molar-refractivity contribution in [2.75, 3.05) is 0 Å². The average molecular weight is 224 g/mol. The summed E-state index contributed by atoms with van der Waals surface area (Å²) in [4.78, 5) is 0. The second-order valence-electron chi connectivity index (χ2n) is 5.71. The number of rotatable bonds is 9. The van der Waals surface area contributed by atoms with E-state index in [4.69, 9.17) is 5.73 Å². The lowest BCUT2D eigenvalue weighted by molar-refractivity contribution is 0.370. The largest absolute Gasteiger partial charge is 0.251 e. The molecule has 1 N–H and O–H groups in total. The van der Waals surface area contributed by atoms with Crippen molar-refractivity contribution in [3.8, 4) is 0 Å². The molecule has 16 heavy (non-hydrogen) atoms. The predicted octanol–water partition coefficient (Wildman–Crippen LogP) is 5.11. The van der Waals surface area contributed by atoms with Gasteiger partial charge in [0.2, 0.25) is 0 Å². The molecule has 0 saturated heterocycles. The molecule has 0 unspecified atom stereocenters. The first-order valence-corrected chi connectivity index (χ1v) is 7.52. The van der Waals surface area contributed by atoms with E-state index >= 15 is 0 Å². The van der Waals surface area contributed by atoms with E-state index < -0.39 is 0 Å². The molecule has 1 nitrogen and oxygen atoms in total. The zero-order valence-corrected chi connectivity index (χ0v) is 11.2. The lowest BCUT2D eigenvalue weighted by Crippen LogP contribution is -2.25. The van der Waals surface area contributed by atoms with Gasteiger partial charge in [0.1, 0.15) is 0 Å². The molecule has 0 spiro atoms. The van der Waals surface area contributed by atoms with Gasteiger partial charge in [0.25, 0.3) is 0 Å². The van der Waals surface area contributed by atoms with Crippen molar-refractivity contribution < 1.29 is 0 Å². The summed E-state index contributed by atoms with van der Waals surface area (Å²) in [6.45, 7) is 2.27. The maximum atomic E-state index is 8.25. The van der Waals surface area contributed by atoms with Crippen LogP contribution < -0.4 is 5.73 Å². The first-order chi connectivity index (χ1) is 7.77. The van der Waals surface area contributed by atoms with Gasteiger partial charge in [-0.1, -0.05) is 71.1 Å². The average Bonchev–Trinajstić information content (AvgIpc) is 2.70. The van der Waals surface area contributed by atoms with Gasteiger partial charge < -0.3 is 0 Å². The third-order valence-electron chi connectivity index (χ3n) is 4.07. The summed E-state index contributed by atoms with van der Waals surface area (Å²) in [6, 6.07) is 0. The fourth-order valence-electron chi connectivity index (χ4n) is 2.90. The van der Waals surface area contributed by atoms with Crippen molar-refractivity contribution in [1.29, 1.82) is 0 Å². The van der Waals surface area contributed by atoms with Crippen LogP contribution in [0.3, 0.4) is 0 Å². The first-order valence-electron chi connectivity index (χ1n) is 7.52. The Hall–Kier alpha value is -0.0400. The molecule has 0 aliphatic heterocycles. The Labute approximate surface area is 102 Å². The van der Waals surface area contributed by atoms with Crippen molar-refractivity contribution in [1.82, 2.24) is 5.73 Å². The molecule has 95 valence electrons. The zero-order chi connectivity index (χ0) is 11.7. The molecule has 1 fully saturated rings. The molecule has 0 bridgehead atoms. The van der Waals surface area contributed by atoms with Gasteiger partial charge in [-0.05, 0) is 19.3 Å². The number of nitrogens with one attached hydrogen (secondary N) is 1. The molecule has 1 rings (SSSR count). The topological polar surface area (TPSA) is 23.8 Å². The van der Waals surface area contributed by atoms with Gasteiger partial charge in [0.05, 0.1) is 0 Å². The molecule has 0 amide bonds. The molecule has 0 aromatic rings. The van der Waals surface area contributed by atoms with Crippen LogP contribution in [-0.4, -0.2) is 5.54 Å². The number of unbranched alkanes of at least 4 members (excludes halogenated alkanes) is 7. The van der Waals surface area contributed by atoms with Crippen LogP contribution in [0.25, 0.3) is 0 Å². The van der Waals surface area contributed by atoms with Crippen LogP contribution in [0.15, 0.2) is 0 Å². The van der Waals surface area contributed by atoms with E-state index in [1.807, 2.05) is 0 Å². The number of hydrogen-bond acceptors (Lipinski definition) is 0.